The Balaban J connectivity index is 1.42. The van der Waals surface area contributed by atoms with Crippen LogP contribution >= 0.6 is 0 Å². The average Bonchev–Trinajstić information content (AvgIpc) is 3.59. The van der Waals surface area contributed by atoms with Crippen LogP contribution in [0, 0.1) is 0 Å². The van der Waals surface area contributed by atoms with Crippen LogP contribution in [0.3, 0.4) is 0 Å². The van der Waals surface area contributed by atoms with E-state index in [2.05, 4.69) is 103 Å². The summed E-state index contributed by atoms with van der Waals surface area (Å²) in [6.07, 6.45) is 4.53. The summed E-state index contributed by atoms with van der Waals surface area (Å²) >= 11 is 0. The molecule has 0 aliphatic heterocycles. The third-order valence-corrected chi connectivity index (χ3v) is 8.79. The van der Waals surface area contributed by atoms with E-state index in [1.165, 1.54) is 77.9 Å². The molecule has 0 nitrogen and oxygen atoms in total. The van der Waals surface area contributed by atoms with Gasteiger partial charge in [-0.2, -0.15) is 0 Å². The zero-order valence-electron chi connectivity index (χ0n) is 19.3. The highest BCUT2D eigenvalue weighted by Crippen LogP contribution is 2.60. The Morgan fingerprint density at radius 1 is 0.486 bits per heavy atom. The lowest BCUT2D eigenvalue weighted by Gasteiger charge is -2.32. The van der Waals surface area contributed by atoms with Crippen LogP contribution in [-0.2, 0) is 12.8 Å². The first-order chi connectivity index (χ1) is 17.4. The summed E-state index contributed by atoms with van der Waals surface area (Å²) < 4.78 is 0. The van der Waals surface area contributed by atoms with Gasteiger partial charge in [0.05, 0.1) is 0 Å². The van der Waals surface area contributed by atoms with Crippen molar-refractivity contribution in [3.63, 3.8) is 0 Å². The van der Waals surface area contributed by atoms with Gasteiger partial charge in [0.25, 0.3) is 0 Å². The van der Waals surface area contributed by atoms with Gasteiger partial charge in [0.2, 0.25) is 0 Å². The second-order valence-electron chi connectivity index (χ2n) is 10.4. The van der Waals surface area contributed by atoms with Crippen molar-refractivity contribution in [2.45, 2.75) is 18.8 Å². The van der Waals surface area contributed by atoms with Gasteiger partial charge in [0, 0.05) is 5.92 Å². The lowest BCUT2D eigenvalue weighted by atomic mass is 9.70. The maximum atomic E-state index is 2.47. The predicted molar refractivity (Wildman–Crippen MR) is 145 cm³/mol. The van der Waals surface area contributed by atoms with Crippen LogP contribution in [0.5, 0.6) is 0 Å². The van der Waals surface area contributed by atoms with Crippen molar-refractivity contribution in [3.05, 3.63) is 142 Å². The molecule has 1 unspecified atom stereocenters. The largest absolute Gasteiger partial charge is 0.0619 e. The monoisotopic (exact) mass is 442 g/mol. The summed E-state index contributed by atoms with van der Waals surface area (Å²) in [5.74, 6) is 0.313. The van der Waals surface area contributed by atoms with E-state index in [1.54, 1.807) is 5.56 Å². The molecule has 0 radical (unpaired) electrons. The fourth-order valence-electron chi connectivity index (χ4n) is 7.40. The molecule has 0 saturated carbocycles. The molecule has 35 heavy (non-hydrogen) atoms. The van der Waals surface area contributed by atoms with Crippen molar-refractivity contribution in [2.24, 2.45) is 0 Å². The molecule has 0 bridgehead atoms. The van der Waals surface area contributed by atoms with Gasteiger partial charge >= 0.3 is 0 Å². The van der Waals surface area contributed by atoms with Gasteiger partial charge in [-0.15, -0.1) is 0 Å². The number of fused-ring (bicyclic) bond motifs is 16. The van der Waals surface area contributed by atoms with Gasteiger partial charge in [-0.25, -0.2) is 0 Å². The Bertz CT molecular complexity index is 1800. The first kappa shape index (κ1) is 18.2. The minimum Gasteiger partial charge on any atom is -0.0619 e. The van der Waals surface area contributed by atoms with E-state index in [1.807, 2.05) is 0 Å². The molecule has 5 aromatic rings. The number of allylic oxidation sites excluding steroid dienone is 1. The van der Waals surface area contributed by atoms with Gasteiger partial charge in [-0.3, -0.25) is 0 Å². The molecule has 0 fully saturated rings. The summed E-state index contributed by atoms with van der Waals surface area (Å²) in [6.45, 7) is 0. The first-order valence-electron chi connectivity index (χ1n) is 12.7. The van der Waals surface area contributed by atoms with Crippen molar-refractivity contribution in [3.8, 4) is 33.4 Å². The van der Waals surface area contributed by atoms with Crippen LogP contribution in [0.2, 0.25) is 0 Å². The Morgan fingerprint density at radius 3 is 2.11 bits per heavy atom. The Kier molecular flexibility index (Phi) is 3.27. The van der Waals surface area contributed by atoms with Crippen LogP contribution in [0.1, 0.15) is 50.4 Å². The van der Waals surface area contributed by atoms with Crippen LogP contribution in [0.15, 0.2) is 97.1 Å². The predicted octanol–water partition coefficient (Wildman–Crippen LogP) is 8.50. The van der Waals surface area contributed by atoms with E-state index in [0.29, 0.717) is 5.92 Å². The molecule has 4 aliphatic carbocycles. The molecule has 5 aromatic carbocycles. The molecular weight excluding hydrogens is 420 g/mol. The number of rotatable bonds is 0. The molecule has 162 valence electrons. The summed E-state index contributed by atoms with van der Waals surface area (Å²) in [6, 6.07) is 36.7. The number of hydrogen-bond donors (Lipinski definition) is 0. The van der Waals surface area contributed by atoms with Crippen molar-refractivity contribution in [1.82, 2.24) is 0 Å². The third-order valence-electron chi connectivity index (χ3n) is 8.79. The van der Waals surface area contributed by atoms with E-state index in [-0.39, 0.29) is 0 Å². The number of hydrogen-bond acceptors (Lipinski definition) is 0. The molecule has 0 N–H and O–H groups in total. The summed E-state index contributed by atoms with van der Waals surface area (Å²) in [4.78, 5) is 0. The third kappa shape index (κ3) is 2.19. The molecule has 0 heteroatoms. The van der Waals surface area contributed by atoms with E-state index in [4.69, 9.17) is 0 Å². The molecule has 0 aromatic heterocycles. The quantitative estimate of drug-likeness (QED) is 0.221. The van der Waals surface area contributed by atoms with Crippen molar-refractivity contribution in [2.75, 3.05) is 0 Å². The molecule has 0 spiro atoms. The fourth-order valence-corrected chi connectivity index (χ4v) is 7.40. The highest BCUT2D eigenvalue weighted by molar-refractivity contribution is 6.08. The zero-order chi connectivity index (χ0) is 22.7. The Labute approximate surface area is 205 Å². The van der Waals surface area contributed by atoms with E-state index in [9.17, 15) is 0 Å². The van der Waals surface area contributed by atoms with Gasteiger partial charge in [0.15, 0.2) is 0 Å². The summed E-state index contributed by atoms with van der Waals surface area (Å²) in [5, 5.41) is 0. The lowest BCUT2D eigenvalue weighted by molar-refractivity contribution is 1.02. The van der Waals surface area contributed by atoms with Crippen molar-refractivity contribution >= 4 is 11.6 Å². The van der Waals surface area contributed by atoms with E-state index in [0.717, 1.165) is 12.8 Å². The molecule has 0 heterocycles. The average molecular weight is 443 g/mol. The normalized spacial score (nSPS) is 16.8. The SMILES string of the molecule is C1=C2c3ccc4c(c3-c3ccc5c(c3C2c2ccccc21)Cc1ccccc1-5)-c1ccccc1C4. The van der Waals surface area contributed by atoms with Gasteiger partial charge < -0.3 is 0 Å². The topological polar surface area (TPSA) is 0 Å². The molecule has 1 atom stereocenters. The van der Waals surface area contributed by atoms with Crippen LogP contribution < -0.4 is 0 Å². The highest BCUT2D eigenvalue weighted by atomic mass is 14.4. The second-order valence-corrected chi connectivity index (χ2v) is 10.4. The van der Waals surface area contributed by atoms with E-state index < -0.39 is 0 Å². The zero-order valence-corrected chi connectivity index (χ0v) is 19.3. The maximum Gasteiger partial charge on any atom is 0.0361 e. The smallest absolute Gasteiger partial charge is 0.0361 e. The highest BCUT2D eigenvalue weighted by Gasteiger charge is 2.40. The molecular formula is C35H22. The van der Waals surface area contributed by atoms with Crippen molar-refractivity contribution < 1.29 is 0 Å². The van der Waals surface area contributed by atoms with E-state index >= 15 is 0 Å². The maximum absolute atomic E-state index is 2.47. The molecule has 9 rings (SSSR count). The minimum absolute atomic E-state index is 0.313. The van der Waals surface area contributed by atoms with Crippen LogP contribution in [0.25, 0.3) is 45.0 Å². The molecule has 4 aliphatic rings. The van der Waals surface area contributed by atoms with Gasteiger partial charge in [-0.05, 0) is 102 Å². The minimum atomic E-state index is 0.313. The number of benzene rings is 5. The fraction of sp³-hybridized carbons (Fsp3) is 0.0857. The molecule has 0 saturated heterocycles. The van der Waals surface area contributed by atoms with Gasteiger partial charge in [-0.1, -0.05) is 97.1 Å². The lowest BCUT2D eigenvalue weighted by Crippen LogP contribution is -2.13. The van der Waals surface area contributed by atoms with Crippen LogP contribution in [-0.4, -0.2) is 0 Å². The Morgan fingerprint density at radius 2 is 1.20 bits per heavy atom. The second kappa shape index (κ2) is 6.29. The Hall–Kier alpha value is -4.16. The standard InChI is InChI=1S/C35H22/c1-4-10-24-21(8-1)18-30-27(24)15-16-29-34-28(14-13-23-17-20-7-2-5-11-25(20)32(23)34)31-19-22-9-3-6-12-26(22)33(31)35(29)30/h1-16,19,33H,17-18H2. The van der Waals surface area contributed by atoms with Gasteiger partial charge in [0.1, 0.15) is 0 Å². The summed E-state index contributed by atoms with van der Waals surface area (Å²) in [5.41, 5.74) is 21.8. The van der Waals surface area contributed by atoms with Crippen LogP contribution in [0.4, 0.5) is 0 Å². The first-order valence-corrected chi connectivity index (χ1v) is 12.7. The van der Waals surface area contributed by atoms with Crippen molar-refractivity contribution in [1.29, 1.82) is 0 Å². The summed E-state index contributed by atoms with van der Waals surface area (Å²) in [7, 11) is 0. The molecule has 0 amide bonds.